The Hall–Kier alpha value is -2.44. The Balaban J connectivity index is 1.75. The molecule has 1 fully saturated rings. The lowest BCUT2D eigenvalue weighted by molar-refractivity contribution is 0.125. The van der Waals surface area contributed by atoms with Crippen molar-refractivity contribution in [2.24, 2.45) is 16.6 Å². The molecule has 0 bridgehead atoms. The summed E-state index contributed by atoms with van der Waals surface area (Å²) < 4.78 is 10.7. The minimum atomic E-state index is 0.269. The Morgan fingerprint density at radius 2 is 2.07 bits per heavy atom. The smallest absolute Gasteiger partial charge is 0.193 e. The number of hydrogen-bond acceptors (Lipinski definition) is 4. The highest BCUT2D eigenvalue weighted by molar-refractivity contribution is 6.30. The van der Waals surface area contributed by atoms with Gasteiger partial charge in [-0.3, -0.25) is 9.89 Å². The second-order valence-electron chi connectivity index (χ2n) is 7.30. The summed E-state index contributed by atoms with van der Waals surface area (Å²) in [6.45, 7) is 1.69. The summed E-state index contributed by atoms with van der Waals surface area (Å²) in [5.74, 6) is 2.11. The first-order valence-corrected chi connectivity index (χ1v) is 10.1. The number of guanidine groups is 1. The van der Waals surface area contributed by atoms with E-state index in [0.717, 1.165) is 35.8 Å². The summed E-state index contributed by atoms with van der Waals surface area (Å²) in [7, 11) is 5.40. The zero-order chi connectivity index (χ0) is 20.8. The molecule has 2 aromatic rings. The van der Waals surface area contributed by atoms with E-state index in [-0.39, 0.29) is 6.04 Å². The van der Waals surface area contributed by atoms with Crippen molar-refractivity contribution in [2.45, 2.75) is 18.9 Å². The first-order valence-electron chi connectivity index (χ1n) is 9.76. The third-order valence-corrected chi connectivity index (χ3v) is 5.60. The first-order chi connectivity index (χ1) is 14.0. The van der Waals surface area contributed by atoms with Crippen LogP contribution in [0.4, 0.5) is 5.69 Å². The fraction of sp³-hybridized carbons (Fsp3) is 0.409. The molecule has 2 aromatic carbocycles. The lowest BCUT2D eigenvalue weighted by Gasteiger charge is -2.39. The van der Waals surface area contributed by atoms with E-state index in [9.17, 15) is 0 Å². The Labute approximate surface area is 177 Å². The molecule has 1 aliphatic heterocycles. The second kappa shape index (κ2) is 9.85. The maximum absolute atomic E-state index is 6.23. The van der Waals surface area contributed by atoms with E-state index in [2.05, 4.69) is 28.3 Å². The molecule has 1 aliphatic rings. The zero-order valence-electron chi connectivity index (χ0n) is 17.2. The number of anilines is 1. The number of benzene rings is 2. The summed E-state index contributed by atoms with van der Waals surface area (Å²) in [6.07, 6.45) is 2.24. The highest BCUT2D eigenvalue weighted by Crippen LogP contribution is 2.36. The number of aliphatic imine (C=N–C) groups is 1. The maximum Gasteiger partial charge on any atom is 0.193 e. The van der Waals surface area contributed by atoms with Gasteiger partial charge in [-0.25, -0.2) is 0 Å². The number of nitrogens with two attached hydrogens (primary N) is 1. The second-order valence-corrected chi connectivity index (χ2v) is 7.74. The van der Waals surface area contributed by atoms with Gasteiger partial charge in [-0.1, -0.05) is 23.7 Å². The van der Waals surface area contributed by atoms with E-state index in [1.54, 1.807) is 14.2 Å². The van der Waals surface area contributed by atoms with Crippen LogP contribution in [0.15, 0.2) is 47.5 Å². The third kappa shape index (κ3) is 5.34. The van der Waals surface area contributed by atoms with Crippen molar-refractivity contribution in [1.82, 2.24) is 4.90 Å². The fourth-order valence-electron chi connectivity index (χ4n) is 3.97. The zero-order valence-corrected chi connectivity index (χ0v) is 17.9. The van der Waals surface area contributed by atoms with Gasteiger partial charge >= 0.3 is 0 Å². The predicted octanol–water partition coefficient (Wildman–Crippen LogP) is 4.17. The van der Waals surface area contributed by atoms with Crippen LogP contribution < -0.4 is 20.5 Å². The van der Waals surface area contributed by atoms with Crippen LogP contribution in [0.2, 0.25) is 5.02 Å². The molecular formula is C22H29ClN4O2. The standard InChI is InChI=1S/C22H29ClN4O2/c1-27-11-5-7-16(21(27)15-6-4-8-17(23)12-15)14-25-22(24)26-19-13-18(28-2)9-10-20(19)29-3/h4,6,8-10,12-13,16,21H,5,7,11,14H2,1-3H3,(H3,24,25,26). The van der Waals surface area contributed by atoms with E-state index in [0.29, 0.717) is 24.2 Å². The number of methoxy groups -OCH3 is 2. The SMILES string of the molecule is COc1ccc(OC)c(NC(N)=NCC2CCCN(C)C2c2cccc(Cl)c2)c1. The highest BCUT2D eigenvalue weighted by Gasteiger charge is 2.30. The average molecular weight is 417 g/mol. The maximum atomic E-state index is 6.23. The van der Waals surface area contributed by atoms with Crippen molar-refractivity contribution in [1.29, 1.82) is 0 Å². The van der Waals surface area contributed by atoms with E-state index in [1.807, 2.05) is 36.4 Å². The van der Waals surface area contributed by atoms with E-state index >= 15 is 0 Å². The summed E-state index contributed by atoms with van der Waals surface area (Å²) >= 11 is 6.23. The largest absolute Gasteiger partial charge is 0.497 e. The van der Waals surface area contributed by atoms with Gasteiger partial charge < -0.3 is 20.5 Å². The number of rotatable bonds is 6. The van der Waals surface area contributed by atoms with Crippen LogP contribution in [-0.2, 0) is 0 Å². The van der Waals surface area contributed by atoms with Crippen molar-refractivity contribution in [3.63, 3.8) is 0 Å². The molecule has 0 aliphatic carbocycles. The lowest BCUT2D eigenvalue weighted by atomic mass is 9.85. The van der Waals surface area contributed by atoms with Crippen molar-refractivity contribution in [3.05, 3.63) is 53.1 Å². The number of likely N-dealkylation sites (tertiary alicyclic amines) is 1. The average Bonchev–Trinajstić information content (AvgIpc) is 2.72. The normalized spacial score (nSPS) is 20.3. The summed E-state index contributed by atoms with van der Waals surface area (Å²) in [5, 5.41) is 3.90. The molecule has 3 N–H and O–H groups in total. The van der Waals surface area contributed by atoms with E-state index in [4.69, 9.17) is 26.8 Å². The molecule has 0 saturated carbocycles. The number of piperidine rings is 1. The van der Waals surface area contributed by atoms with Gasteiger partial charge in [0.25, 0.3) is 0 Å². The van der Waals surface area contributed by atoms with Crippen LogP contribution in [0.1, 0.15) is 24.4 Å². The quantitative estimate of drug-likeness (QED) is 0.546. The number of ether oxygens (including phenoxy) is 2. The number of halogens is 1. The van der Waals surface area contributed by atoms with Gasteiger partial charge in [-0.05, 0) is 62.2 Å². The molecule has 156 valence electrons. The van der Waals surface area contributed by atoms with Crippen LogP contribution >= 0.6 is 11.6 Å². The van der Waals surface area contributed by atoms with Gasteiger partial charge in [0.2, 0.25) is 0 Å². The van der Waals surface area contributed by atoms with Gasteiger partial charge in [0.05, 0.1) is 19.9 Å². The van der Waals surface area contributed by atoms with Gasteiger partial charge in [-0.2, -0.15) is 0 Å². The van der Waals surface area contributed by atoms with Crippen LogP contribution in [0.3, 0.4) is 0 Å². The Morgan fingerprint density at radius 1 is 1.24 bits per heavy atom. The van der Waals surface area contributed by atoms with Gasteiger partial charge in [0.1, 0.15) is 11.5 Å². The number of nitrogens with one attached hydrogen (secondary N) is 1. The van der Waals surface area contributed by atoms with Gasteiger partial charge in [0, 0.05) is 23.7 Å². The van der Waals surface area contributed by atoms with Gasteiger partial charge in [0.15, 0.2) is 5.96 Å². The fourth-order valence-corrected chi connectivity index (χ4v) is 4.17. The highest BCUT2D eigenvalue weighted by atomic mass is 35.5. The van der Waals surface area contributed by atoms with Crippen LogP contribution in [-0.4, -0.2) is 45.2 Å². The molecule has 1 heterocycles. The first kappa shape index (κ1) is 21.3. The van der Waals surface area contributed by atoms with Crippen LogP contribution in [0, 0.1) is 5.92 Å². The predicted molar refractivity (Wildman–Crippen MR) is 119 cm³/mol. The minimum absolute atomic E-state index is 0.269. The summed E-state index contributed by atoms with van der Waals surface area (Å²) in [5.41, 5.74) is 8.13. The summed E-state index contributed by atoms with van der Waals surface area (Å²) in [4.78, 5) is 7.01. The van der Waals surface area contributed by atoms with Crippen molar-refractivity contribution in [2.75, 3.05) is 39.7 Å². The van der Waals surface area contributed by atoms with Gasteiger partial charge in [-0.15, -0.1) is 0 Å². The number of hydrogen-bond donors (Lipinski definition) is 2. The molecule has 0 spiro atoms. The number of nitrogens with zero attached hydrogens (tertiary/aromatic N) is 2. The molecular weight excluding hydrogens is 388 g/mol. The topological polar surface area (TPSA) is 72.1 Å². The molecule has 3 rings (SSSR count). The molecule has 6 nitrogen and oxygen atoms in total. The third-order valence-electron chi connectivity index (χ3n) is 5.36. The van der Waals surface area contributed by atoms with E-state index in [1.165, 1.54) is 5.56 Å². The Bertz CT molecular complexity index is 858. The Morgan fingerprint density at radius 3 is 2.79 bits per heavy atom. The van der Waals surface area contributed by atoms with E-state index < -0.39 is 0 Å². The molecule has 2 atom stereocenters. The van der Waals surface area contributed by atoms with Crippen molar-refractivity contribution in [3.8, 4) is 11.5 Å². The molecule has 7 heteroatoms. The molecule has 0 radical (unpaired) electrons. The molecule has 2 unspecified atom stereocenters. The van der Waals surface area contributed by atoms with Crippen LogP contribution in [0.25, 0.3) is 0 Å². The summed E-state index contributed by atoms with van der Waals surface area (Å²) in [6, 6.07) is 13.9. The van der Waals surface area contributed by atoms with Crippen LogP contribution in [0.5, 0.6) is 11.5 Å². The monoisotopic (exact) mass is 416 g/mol. The molecule has 1 saturated heterocycles. The van der Waals surface area contributed by atoms with Crippen molar-refractivity contribution >= 4 is 23.2 Å². The molecule has 0 amide bonds. The van der Waals surface area contributed by atoms with Crippen molar-refractivity contribution < 1.29 is 9.47 Å². The Kier molecular flexibility index (Phi) is 7.23. The minimum Gasteiger partial charge on any atom is -0.497 e. The molecule has 0 aromatic heterocycles. The lowest BCUT2D eigenvalue weighted by Crippen LogP contribution is -2.38. The molecule has 29 heavy (non-hydrogen) atoms.